The number of carbonyl (C=O) groups excluding carboxylic acids is 1. The fourth-order valence-electron chi connectivity index (χ4n) is 3.52. The molecule has 5 nitrogen and oxygen atoms in total. The summed E-state index contributed by atoms with van der Waals surface area (Å²) >= 11 is 0. The summed E-state index contributed by atoms with van der Waals surface area (Å²) in [6.07, 6.45) is 10.7. The van der Waals surface area contributed by atoms with E-state index < -0.39 is 12.0 Å². The van der Waals surface area contributed by atoms with Crippen LogP contribution in [0.25, 0.3) is 0 Å². The predicted molar refractivity (Wildman–Crippen MR) is 81.1 cm³/mol. The summed E-state index contributed by atoms with van der Waals surface area (Å²) in [5.41, 5.74) is 0. The molecule has 1 aliphatic carbocycles. The van der Waals surface area contributed by atoms with Crippen molar-refractivity contribution in [3.8, 4) is 0 Å². The van der Waals surface area contributed by atoms with Gasteiger partial charge in [0.05, 0.1) is 6.54 Å². The van der Waals surface area contributed by atoms with Crippen molar-refractivity contribution in [1.29, 1.82) is 0 Å². The molecule has 1 heterocycles. The highest BCUT2D eigenvalue weighted by atomic mass is 16.4. The zero-order chi connectivity index (χ0) is 15.1. The van der Waals surface area contributed by atoms with Gasteiger partial charge in [0.15, 0.2) is 0 Å². The highest BCUT2D eigenvalue weighted by Crippen LogP contribution is 2.18. The van der Waals surface area contributed by atoms with Crippen molar-refractivity contribution in [3.63, 3.8) is 0 Å². The third-order valence-corrected chi connectivity index (χ3v) is 4.72. The molecule has 21 heavy (non-hydrogen) atoms. The van der Waals surface area contributed by atoms with Gasteiger partial charge in [0.1, 0.15) is 6.04 Å². The van der Waals surface area contributed by atoms with Crippen LogP contribution in [0.1, 0.15) is 64.2 Å². The molecule has 2 N–H and O–H groups in total. The first-order chi connectivity index (χ1) is 10.2. The number of rotatable bonds is 4. The number of carboxylic acids is 1. The smallest absolute Gasteiger partial charge is 0.320 e. The summed E-state index contributed by atoms with van der Waals surface area (Å²) in [6, 6.07) is -0.206. The minimum atomic E-state index is -0.792. The number of nitrogens with one attached hydrogen (secondary N) is 1. The Morgan fingerprint density at radius 3 is 2.24 bits per heavy atom. The average molecular weight is 296 g/mol. The highest BCUT2D eigenvalue weighted by molar-refractivity contribution is 5.80. The Hall–Kier alpha value is -1.10. The maximum absolute atomic E-state index is 12.2. The minimum absolute atomic E-state index is 0.00458. The summed E-state index contributed by atoms with van der Waals surface area (Å²) in [4.78, 5) is 25.4. The van der Waals surface area contributed by atoms with E-state index in [1.165, 1.54) is 25.7 Å². The fourth-order valence-corrected chi connectivity index (χ4v) is 3.52. The first-order valence-corrected chi connectivity index (χ1v) is 8.43. The zero-order valence-electron chi connectivity index (χ0n) is 12.9. The number of likely N-dealkylation sites (tertiary alicyclic amines) is 1. The minimum Gasteiger partial charge on any atom is -0.480 e. The number of carboxylic acid groups (broad SMARTS) is 1. The van der Waals surface area contributed by atoms with Crippen molar-refractivity contribution >= 4 is 11.9 Å². The van der Waals surface area contributed by atoms with E-state index in [1.807, 2.05) is 4.90 Å². The van der Waals surface area contributed by atoms with E-state index in [4.69, 9.17) is 0 Å². The van der Waals surface area contributed by atoms with Crippen molar-refractivity contribution in [3.05, 3.63) is 0 Å². The molecule has 0 spiro atoms. The van der Waals surface area contributed by atoms with Crippen LogP contribution < -0.4 is 5.32 Å². The maximum Gasteiger partial charge on any atom is 0.320 e. The van der Waals surface area contributed by atoms with Gasteiger partial charge in [-0.2, -0.15) is 0 Å². The molecule has 0 bridgehead atoms. The topological polar surface area (TPSA) is 69.6 Å². The van der Waals surface area contributed by atoms with Gasteiger partial charge in [-0.05, 0) is 32.2 Å². The van der Waals surface area contributed by atoms with Gasteiger partial charge in [-0.25, -0.2) is 0 Å². The molecule has 2 fully saturated rings. The molecule has 5 heteroatoms. The molecule has 0 aromatic heterocycles. The first kappa shape index (κ1) is 16.3. The van der Waals surface area contributed by atoms with Crippen LogP contribution in [0.5, 0.6) is 0 Å². The Morgan fingerprint density at radius 2 is 1.57 bits per heavy atom. The lowest BCUT2D eigenvalue weighted by molar-refractivity contribution is -0.144. The fraction of sp³-hybridized carbons (Fsp3) is 0.875. The third-order valence-electron chi connectivity index (χ3n) is 4.72. The van der Waals surface area contributed by atoms with E-state index in [9.17, 15) is 14.7 Å². The van der Waals surface area contributed by atoms with Crippen LogP contribution in [0, 0.1) is 0 Å². The molecular weight excluding hydrogens is 268 g/mol. The van der Waals surface area contributed by atoms with E-state index in [1.54, 1.807) is 0 Å². The van der Waals surface area contributed by atoms with Crippen LogP contribution in [0.4, 0.5) is 0 Å². The number of hydrogen-bond acceptors (Lipinski definition) is 3. The lowest BCUT2D eigenvalue weighted by Gasteiger charge is -2.27. The standard InChI is InChI=1S/C16H28N2O3/c19-15(17-13-8-4-1-2-5-9-13)12-18-11-7-3-6-10-14(18)16(20)21/h13-14H,1-12H2,(H,17,19)(H,20,21). The third kappa shape index (κ3) is 5.30. The van der Waals surface area contributed by atoms with E-state index in [-0.39, 0.29) is 18.5 Å². The van der Waals surface area contributed by atoms with E-state index >= 15 is 0 Å². The molecule has 1 saturated carbocycles. The van der Waals surface area contributed by atoms with Crippen LogP contribution in [-0.4, -0.2) is 47.1 Å². The van der Waals surface area contributed by atoms with Gasteiger partial charge >= 0.3 is 5.97 Å². The average Bonchev–Trinajstić information content (AvgIpc) is 2.81. The van der Waals surface area contributed by atoms with Gasteiger partial charge in [-0.3, -0.25) is 14.5 Å². The number of hydrogen-bond donors (Lipinski definition) is 2. The molecule has 1 amide bonds. The van der Waals surface area contributed by atoms with E-state index in [0.717, 1.165) is 38.6 Å². The summed E-state index contributed by atoms with van der Waals surface area (Å²) in [6.45, 7) is 0.947. The number of nitrogens with zero attached hydrogens (tertiary/aromatic N) is 1. The van der Waals surface area contributed by atoms with Crippen molar-refractivity contribution in [1.82, 2.24) is 10.2 Å². The molecule has 2 aliphatic rings. The summed E-state index contributed by atoms with van der Waals surface area (Å²) in [5.74, 6) is -0.797. The first-order valence-electron chi connectivity index (χ1n) is 8.43. The van der Waals surface area contributed by atoms with E-state index in [0.29, 0.717) is 6.42 Å². The second kappa shape index (κ2) is 8.37. The van der Waals surface area contributed by atoms with Gasteiger partial charge in [-0.15, -0.1) is 0 Å². The van der Waals surface area contributed by atoms with Crippen LogP contribution in [-0.2, 0) is 9.59 Å². The highest BCUT2D eigenvalue weighted by Gasteiger charge is 2.28. The van der Waals surface area contributed by atoms with Crippen LogP contribution in [0.3, 0.4) is 0 Å². The largest absolute Gasteiger partial charge is 0.480 e. The van der Waals surface area contributed by atoms with Gasteiger partial charge in [-0.1, -0.05) is 38.5 Å². The monoisotopic (exact) mass is 296 g/mol. The molecule has 1 atom stereocenters. The normalized spacial score (nSPS) is 25.8. The predicted octanol–water partition coefficient (Wildman–Crippen LogP) is 2.15. The SMILES string of the molecule is O=C(CN1CCCCCC1C(=O)O)NC1CCCCCC1. The summed E-state index contributed by atoms with van der Waals surface area (Å²) in [7, 11) is 0. The second-order valence-electron chi connectivity index (χ2n) is 6.43. The van der Waals surface area contributed by atoms with Gasteiger partial charge in [0, 0.05) is 6.04 Å². The van der Waals surface area contributed by atoms with Crippen molar-refractivity contribution in [2.75, 3.05) is 13.1 Å². The van der Waals surface area contributed by atoms with Crippen LogP contribution in [0.15, 0.2) is 0 Å². The molecule has 0 aromatic rings. The van der Waals surface area contributed by atoms with Crippen LogP contribution in [0.2, 0.25) is 0 Å². The van der Waals surface area contributed by atoms with Crippen molar-refractivity contribution < 1.29 is 14.7 Å². The second-order valence-corrected chi connectivity index (χ2v) is 6.43. The van der Waals surface area contributed by atoms with Gasteiger partial charge in [0.25, 0.3) is 0 Å². The molecule has 1 aliphatic heterocycles. The molecular formula is C16H28N2O3. The Balaban J connectivity index is 1.85. The van der Waals surface area contributed by atoms with Crippen molar-refractivity contribution in [2.45, 2.75) is 76.3 Å². The molecule has 2 rings (SSSR count). The molecule has 0 radical (unpaired) electrons. The van der Waals surface area contributed by atoms with Gasteiger partial charge in [0.2, 0.25) is 5.91 Å². The van der Waals surface area contributed by atoms with Gasteiger partial charge < -0.3 is 10.4 Å². The zero-order valence-corrected chi connectivity index (χ0v) is 12.9. The maximum atomic E-state index is 12.2. The number of aliphatic carboxylic acids is 1. The molecule has 1 unspecified atom stereocenters. The summed E-state index contributed by atoms with van der Waals surface area (Å²) < 4.78 is 0. The van der Waals surface area contributed by atoms with Crippen molar-refractivity contribution in [2.24, 2.45) is 0 Å². The lowest BCUT2D eigenvalue weighted by atomic mass is 10.1. The Morgan fingerprint density at radius 1 is 0.952 bits per heavy atom. The summed E-state index contributed by atoms with van der Waals surface area (Å²) in [5, 5.41) is 12.4. The number of carbonyl (C=O) groups is 2. The Kier molecular flexibility index (Phi) is 6.49. The lowest BCUT2D eigenvalue weighted by Crippen LogP contribution is -2.48. The van der Waals surface area contributed by atoms with E-state index in [2.05, 4.69) is 5.32 Å². The van der Waals surface area contributed by atoms with Crippen LogP contribution >= 0.6 is 0 Å². The quantitative estimate of drug-likeness (QED) is 0.780. The molecule has 120 valence electrons. The molecule has 1 saturated heterocycles. The molecule has 0 aromatic carbocycles. The Bertz CT molecular complexity index is 351. The number of amides is 1. The Labute approximate surface area is 127 Å².